The van der Waals surface area contributed by atoms with E-state index in [2.05, 4.69) is 10.3 Å². The minimum atomic E-state index is -0.517. The van der Waals surface area contributed by atoms with Crippen LogP contribution >= 0.6 is 11.3 Å². The van der Waals surface area contributed by atoms with Crippen molar-refractivity contribution in [2.45, 2.75) is 13.8 Å². The lowest BCUT2D eigenvalue weighted by Gasteiger charge is -2.05. The smallest absolute Gasteiger partial charge is 0.350 e. The number of hydrogen-bond acceptors (Lipinski definition) is 5. The van der Waals surface area contributed by atoms with Gasteiger partial charge in [-0.25, -0.2) is 9.78 Å². The first kappa shape index (κ1) is 14.2. The van der Waals surface area contributed by atoms with Crippen molar-refractivity contribution in [3.63, 3.8) is 0 Å². The summed E-state index contributed by atoms with van der Waals surface area (Å²) in [6.07, 6.45) is 0. The maximum absolute atomic E-state index is 11.8. The van der Waals surface area contributed by atoms with E-state index in [0.29, 0.717) is 16.3 Å². The van der Waals surface area contributed by atoms with Crippen LogP contribution in [0.2, 0.25) is 0 Å². The molecule has 2 aromatic rings. The Hall–Kier alpha value is -2.21. The Balaban J connectivity index is 1.87. The van der Waals surface area contributed by atoms with Crippen molar-refractivity contribution in [2.24, 2.45) is 0 Å². The zero-order valence-electron chi connectivity index (χ0n) is 11.2. The van der Waals surface area contributed by atoms with E-state index in [4.69, 9.17) is 4.74 Å². The van der Waals surface area contributed by atoms with Crippen LogP contribution in [-0.4, -0.2) is 23.5 Å². The normalized spacial score (nSPS) is 10.1. The number of hydrogen-bond donors (Lipinski definition) is 1. The Labute approximate surface area is 120 Å². The fraction of sp³-hybridized carbons (Fsp3) is 0.214. The largest absolute Gasteiger partial charge is 0.451 e. The number of esters is 1. The van der Waals surface area contributed by atoms with Gasteiger partial charge in [-0.05, 0) is 26.0 Å². The highest BCUT2D eigenvalue weighted by Crippen LogP contribution is 2.18. The highest BCUT2D eigenvalue weighted by molar-refractivity contribution is 7.13. The second kappa shape index (κ2) is 6.29. The summed E-state index contributed by atoms with van der Waals surface area (Å²) in [5, 5.41) is 3.43. The number of aryl methyl sites for hydroxylation is 2. The van der Waals surface area contributed by atoms with Gasteiger partial charge in [0.15, 0.2) is 6.61 Å². The zero-order valence-corrected chi connectivity index (χ0v) is 12.0. The molecule has 1 amide bonds. The molecule has 2 rings (SSSR count). The molecule has 0 saturated heterocycles. The molecule has 20 heavy (non-hydrogen) atoms. The number of thiazole rings is 1. The van der Waals surface area contributed by atoms with Crippen molar-refractivity contribution >= 4 is 28.9 Å². The van der Waals surface area contributed by atoms with Gasteiger partial charge in [0.2, 0.25) is 0 Å². The molecule has 104 valence electrons. The number of ether oxygens (including phenoxy) is 1. The summed E-state index contributed by atoms with van der Waals surface area (Å²) in [5.41, 5.74) is 1.29. The molecule has 0 spiro atoms. The molecule has 1 aromatic carbocycles. The van der Waals surface area contributed by atoms with Crippen LogP contribution in [0.5, 0.6) is 0 Å². The first-order chi connectivity index (χ1) is 9.56. The number of rotatable bonds is 4. The van der Waals surface area contributed by atoms with E-state index in [1.54, 1.807) is 19.1 Å². The van der Waals surface area contributed by atoms with E-state index in [1.165, 1.54) is 11.3 Å². The Kier molecular flexibility index (Phi) is 4.47. The molecule has 1 aromatic heterocycles. The number of nitrogens with one attached hydrogen (secondary N) is 1. The van der Waals surface area contributed by atoms with E-state index in [-0.39, 0.29) is 12.5 Å². The second-order valence-electron chi connectivity index (χ2n) is 4.14. The second-order valence-corrected chi connectivity index (χ2v) is 5.34. The first-order valence-electron chi connectivity index (χ1n) is 6.02. The number of carbonyl (C=O) groups is 2. The number of benzene rings is 1. The minimum Gasteiger partial charge on any atom is -0.451 e. The molecule has 1 N–H and O–H groups in total. The third kappa shape index (κ3) is 3.64. The summed E-state index contributed by atoms with van der Waals surface area (Å²) in [6.45, 7) is 3.24. The van der Waals surface area contributed by atoms with Gasteiger partial charge in [-0.1, -0.05) is 18.2 Å². The molecule has 1 heterocycles. The van der Waals surface area contributed by atoms with E-state index in [9.17, 15) is 9.59 Å². The molecule has 0 aliphatic carbocycles. The van der Waals surface area contributed by atoms with Gasteiger partial charge in [-0.15, -0.1) is 11.3 Å². The highest BCUT2D eigenvalue weighted by atomic mass is 32.1. The Morgan fingerprint density at radius 1 is 1.25 bits per heavy atom. The van der Waals surface area contributed by atoms with Crippen molar-refractivity contribution in [1.82, 2.24) is 4.98 Å². The molecule has 0 bridgehead atoms. The molecule has 0 atom stereocenters. The van der Waals surface area contributed by atoms with Gasteiger partial charge in [0.1, 0.15) is 4.88 Å². The Bertz CT molecular complexity index is 623. The molecule has 0 aliphatic heterocycles. The van der Waals surface area contributed by atoms with Crippen LogP contribution in [0.1, 0.15) is 20.4 Å². The number of amides is 1. The molecular weight excluding hydrogens is 276 g/mol. The van der Waals surface area contributed by atoms with Crippen LogP contribution in [0.4, 0.5) is 5.69 Å². The number of carbonyl (C=O) groups excluding carboxylic acids is 2. The maximum Gasteiger partial charge on any atom is 0.350 e. The Morgan fingerprint density at radius 2 is 1.95 bits per heavy atom. The topological polar surface area (TPSA) is 68.3 Å². The summed E-state index contributed by atoms with van der Waals surface area (Å²) < 4.78 is 4.98. The summed E-state index contributed by atoms with van der Waals surface area (Å²) in [5.74, 6) is -0.889. The summed E-state index contributed by atoms with van der Waals surface area (Å²) in [7, 11) is 0. The quantitative estimate of drug-likeness (QED) is 0.879. The fourth-order valence-electron chi connectivity index (χ4n) is 1.64. The van der Waals surface area contributed by atoms with Crippen LogP contribution < -0.4 is 5.32 Å². The SMILES string of the molecule is Cc1nc(C)c(C(=O)OCC(=O)Nc2ccccc2)s1. The first-order valence-corrected chi connectivity index (χ1v) is 6.84. The van der Waals surface area contributed by atoms with Gasteiger partial charge in [0, 0.05) is 5.69 Å². The highest BCUT2D eigenvalue weighted by Gasteiger charge is 2.16. The van der Waals surface area contributed by atoms with E-state index >= 15 is 0 Å². The van der Waals surface area contributed by atoms with Crippen LogP contribution in [0.25, 0.3) is 0 Å². The fourth-order valence-corrected chi connectivity index (χ4v) is 2.45. The van der Waals surface area contributed by atoms with Gasteiger partial charge in [0.05, 0.1) is 10.7 Å². The van der Waals surface area contributed by atoms with Gasteiger partial charge < -0.3 is 10.1 Å². The summed E-state index contributed by atoms with van der Waals surface area (Å²) >= 11 is 1.26. The molecule has 5 nitrogen and oxygen atoms in total. The average Bonchev–Trinajstić information content (AvgIpc) is 2.76. The third-order valence-electron chi connectivity index (χ3n) is 2.48. The van der Waals surface area contributed by atoms with Gasteiger partial charge in [0.25, 0.3) is 5.91 Å². The molecule has 6 heteroatoms. The van der Waals surface area contributed by atoms with E-state index in [0.717, 1.165) is 5.01 Å². The molecule has 0 saturated carbocycles. The predicted molar refractivity (Wildman–Crippen MR) is 76.9 cm³/mol. The van der Waals surface area contributed by atoms with Gasteiger partial charge in [-0.2, -0.15) is 0 Å². The van der Waals surface area contributed by atoms with Crippen LogP contribution in [-0.2, 0) is 9.53 Å². The van der Waals surface area contributed by atoms with Crippen molar-refractivity contribution in [1.29, 1.82) is 0 Å². The monoisotopic (exact) mass is 290 g/mol. The Morgan fingerprint density at radius 3 is 2.55 bits per heavy atom. The van der Waals surface area contributed by atoms with Crippen molar-refractivity contribution in [3.05, 3.63) is 45.9 Å². The molecule has 0 unspecified atom stereocenters. The van der Waals surface area contributed by atoms with E-state index in [1.807, 2.05) is 25.1 Å². The maximum atomic E-state index is 11.8. The van der Waals surface area contributed by atoms with Gasteiger partial charge >= 0.3 is 5.97 Å². The number of aromatic nitrogens is 1. The predicted octanol–water partition coefficient (Wildman–Crippen LogP) is 2.56. The molecular formula is C14H14N2O3S. The lowest BCUT2D eigenvalue weighted by atomic mass is 10.3. The lowest BCUT2D eigenvalue weighted by molar-refractivity contribution is -0.119. The van der Waals surface area contributed by atoms with Gasteiger partial charge in [-0.3, -0.25) is 4.79 Å². The van der Waals surface area contributed by atoms with Crippen LogP contribution in [0.3, 0.4) is 0 Å². The molecule has 0 fully saturated rings. The lowest BCUT2D eigenvalue weighted by Crippen LogP contribution is -2.20. The average molecular weight is 290 g/mol. The summed E-state index contributed by atoms with van der Waals surface area (Å²) in [4.78, 5) is 28.0. The molecule has 0 aliphatic rings. The number of nitrogens with zero attached hydrogens (tertiary/aromatic N) is 1. The summed E-state index contributed by atoms with van der Waals surface area (Å²) in [6, 6.07) is 8.99. The third-order valence-corrected chi connectivity index (χ3v) is 3.53. The number of para-hydroxylation sites is 1. The van der Waals surface area contributed by atoms with Crippen molar-refractivity contribution < 1.29 is 14.3 Å². The number of anilines is 1. The van der Waals surface area contributed by atoms with E-state index < -0.39 is 5.97 Å². The standard InChI is InChI=1S/C14H14N2O3S/c1-9-13(20-10(2)15-9)14(18)19-8-12(17)16-11-6-4-3-5-7-11/h3-7H,8H2,1-2H3,(H,16,17). The van der Waals surface area contributed by atoms with Crippen LogP contribution in [0, 0.1) is 13.8 Å². The van der Waals surface area contributed by atoms with Crippen LogP contribution in [0.15, 0.2) is 30.3 Å². The minimum absolute atomic E-state index is 0.315. The van der Waals surface area contributed by atoms with Crippen molar-refractivity contribution in [3.8, 4) is 0 Å². The zero-order chi connectivity index (χ0) is 14.5. The molecule has 0 radical (unpaired) electrons. The van der Waals surface area contributed by atoms with Crippen molar-refractivity contribution in [2.75, 3.05) is 11.9 Å².